The first-order valence-electron chi connectivity index (χ1n) is 9.84. The second-order valence-electron chi connectivity index (χ2n) is 7.40. The molecule has 2 fully saturated rings. The van der Waals surface area contributed by atoms with Crippen LogP contribution in [0.4, 0.5) is 0 Å². The number of hydrogen-bond acceptors (Lipinski definition) is 6. The zero-order valence-electron chi connectivity index (χ0n) is 16.2. The number of rotatable bonds is 7. The summed E-state index contributed by atoms with van der Waals surface area (Å²) in [4.78, 5) is 10.7. The summed E-state index contributed by atoms with van der Waals surface area (Å²) >= 11 is 0. The van der Waals surface area contributed by atoms with Crippen molar-refractivity contribution in [1.82, 2.24) is 0 Å². The average Bonchev–Trinajstić information content (AvgIpc) is 3.18. The maximum Gasteiger partial charge on any atom is 0.646 e. The highest BCUT2D eigenvalue weighted by Gasteiger charge is 2.41. The largest absolute Gasteiger partial charge is 0.646 e. The van der Waals surface area contributed by atoms with Crippen LogP contribution in [0.25, 0.3) is 0 Å². The van der Waals surface area contributed by atoms with Gasteiger partial charge in [-0.2, -0.15) is 4.57 Å². The molecule has 1 spiro atoms. The van der Waals surface area contributed by atoms with Crippen molar-refractivity contribution in [3.05, 3.63) is 73.0 Å². The van der Waals surface area contributed by atoms with Gasteiger partial charge in [-0.15, -0.1) is 0 Å². The molecule has 2 aliphatic rings. The van der Waals surface area contributed by atoms with E-state index in [1.54, 1.807) is 36.4 Å². The van der Waals surface area contributed by atoms with Gasteiger partial charge in [-0.05, 0) is 61.4 Å². The van der Waals surface area contributed by atoms with Crippen LogP contribution in [-0.4, -0.2) is 12.2 Å². The van der Waals surface area contributed by atoms with Crippen LogP contribution in [0.5, 0.6) is 11.5 Å². The van der Waals surface area contributed by atoms with Crippen LogP contribution in [0, 0.1) is 0 Å². The molecule has 6 nitrogen and oxygen atoms in total. The van der Waals surface area contributed by atoms with Crippen molar-refractivity contribution in [3.8, 4) is 11.5 Å². The highest BCUT2D eigenvalue weighted by Crippen LogP contribution is 2.50. The van der Waals surface area contributed by atoms with Gasteiger partial charge in [-0.1, -0.05) is 36.9 Å². The van der Waals surface area contributed by atoms with Crippen LogP contribution < -0.4 is 9.05 Å². The lowest BCUT2D eigenvalue weighted by Crippen LogP contribution is -2.32. The van der Waals surface area contributed by atoms with E-state index in [2.05, 4.69) is 6.58 Å². The molecular formula is C22H25O6P. The van der Waals surface area contributed by atoms with Gasteiger partial charge in [-0.3, -0.25) is 0 Å². The van der Waals surface area contributed by atoms with E-state index < -0.39 is 7.82 Å². The number of phosphoric acid groups is 1. The zero-order valence-corrected chi connectivity index (χ0v) is 17.1. The number of para-hydroxylation sites is 1. The molecule has 1 atom stereocenters. The summed E-state index contributed by atoms with van der Waals surface area (Å²) in [5.41, 5.74) is 1.15. The number of benzene rings is 2. The van der Waals surface area contributed by atoms with Gasteiger partial charge in [0.2, 0.25) is 0 Å². The van der Waals surface area contributed by atoms with E-state index in [9.17, 15) is 4.57 Å². The molecule has 1 aliphatic carbocycles. The van der Waals surface area contributed by atoms with Gasteiger partial charge in [0, 0.05) is 6.42 Å². The third kappa shape index (κ3) is 4.84. The monoisotopic (exact) mass is 416 g/mol. The molecule has 0 bridgehead atoms. The molecule has 154 valence electrons. The van der Waals surface area contributed by atoms with E-state index in [1.165, 1.54) is 5.56 Å². The van der Waals surface area contributed by atoms with Crippen molar-refractivity contribution in [2.45, 2.75) is 43.6 Å². The van der Waals surface area contributed by atoms with Crippen LogP contribution in [0.15, 0.2) is 67.4 Å². The Kier molecular flexibility index (Phi) is 5.95. The molecule has 1 saturated heterocycles. The Hall–Kier alpha value is -2.27. The SMILES string of the molecule is C=COP(=O)(Oc1ccccc1)Oc1ccc(C2CCC3(CCOO3)CC2)cc1. The van der Waals surface area contributed by atoms with Gasteiger partial charge in [0.25, 0.3) is 0 Å². The highest BCUT2D eigenvalue weighted by molar-refractivity contribution is 7.49. The lowest BCUT2D eigenvalue weighted by molar-refractivity contribution is -0.314. The quantitative estimate of drug-likeness (QED) is 0.306. The van der Waals surface area contributed by atoms with Crippen molar-refractivity contribution in [2.75, 3.05) is 6.61 Å². The van der Waals surface area contributed by atoms with Gasteiger partial charge in [0.1, 0.15) is 17.1 Å². The summed E-state index contributed by atoms with van der Waals surface area (Å²) in [7, 11) is -3.88. The van der Waals surface area contributed by atoms with Gasteiger partial charge in [-0.25, -0.2) is 9.78 Å². The van der Waals surface area contributed by atoms with Crippen molar-refractivity contribution < 1.29 is 27.9 Å². The van der Waals surface area contributed by atoms with Gasteiger partial charge in [0.05, 0.1) is 12.9 Å². The minimum absolute atomic E-state index is 0.0804. The summed E-state index contributed by atoms with van der Waals surface area (Å²) in [5, 5.41) is 0. The Labute approximate surface area is 170 Å². The van der Waals surface area contributed by atoms with Crippen LogP contribution >= 0.6 is 7.82 Å². The first kappa shape index (κ1) is 20.0. The molecule has 1 unspecified atom stereocenters. The van der Waals surface area contributed by atoms with Crippen LogP contribution in [0.3, 0.4) is 0 Å². The molecule has 0 N–H and O–H groups in total. The molecule has 1 saturated carbocycles. The second-order valence-corrected chi connectivity index (χ2v) is 8.87. The molecule has 1 heterocycles. The molecule has 1 aliphatic heterocycles. The smallest absolute Gasteiger partial charge is 0.395 e. The Balaban J connectivity index is 1.40. The van der Waals surface area contributed by atoms with Gasteiger partial charge >= 0.3 is 7.82 Å². The minimum Gasteiger partial charge on any atom is -0.395 e. The van der Waals surface area contributed by atoms with Gasteiger partial charge in [0.15, 0.2) is 0 Å². The van der Waals surface area contributed by atoms with Crippen molar-refractivity contribution in [2.24, 2.45) is 0 Å². The number of phosphoric ester groups is 1. The maximum absolute atomic E-state index is 12.9. The van der Waals surface area contributed by atoms with E-state index >= 15 is 0 Å². The van der Waals surface area contributed by atoms with Gasteiger partial charge < -0.3 is 13.6 Å². The number of hydrogen-bond donors (Lipinski definition) is 0. The highest BCUT2D eigenvalue weighted by atomic mass is 31.2. The topological polar surface area (TPSA) is 63.2 Å². The average molecular weight is 416 g/mol. The first-order valence-corrected chi connectivity index (χ1v) is 11.3. The fourth-order valence-electron chi connectivity index (χ4n) is 3.94. The summed E-state index contributed by atoms with van der Waals surface area (Å²) in [6, 6.07) is 16.4. The molecule has 2 aromatic carbocycles. The second kappa shape index (κ2) is 8.62. The Morgan fingerprint density at radius 1 is 0.966 bits per heavy atom. The zero-order chi connectivity index (χ0) is 20.2. The first-order chi connectivity index (χ1) is 14.1. The van der Waals surface area contributed by atoms with E-state index in [1.807, 2.05) is 18.2 Å². The molecule has 29 heavy (non-hydrogen) atoms. The molecule has 0 amide bonds. The van der Waals surface area contributed by atoms with E-state index in [0.717, 1.165) is 38.4 Å². The molecule has 0 aromatic heterocycles. The van der Waals surface area contributed by atoms with E-state index in [4.69, 9.17) is 23.3 Å². The van der Waals surface area contributed by atoms with Crippen molar-refractivity contribution in [1.29, 1.82) is 0 Å². The lowest BCUT2D eigenvalue weighted by atomic mass is 9.75. The van der Waals surface area contributed by atoms with Crippen molar-refractivity contribution in [3.63, 3.8) is 0 Å². The maximum atomic E-state index is 12.9. The Morgan fingerprint density at radius 3 is 2.21 bits per heavy atom. The van der Waals surface area contributed by atoms with Crippen LogP contribution in [0.2, 0.25) is 0 Å². The van der Waals surface area contributed by atoms with Crippen LogP contribution in [-0.2, 0) is 18.9 Å². The summed E-state index contributed by atoms with van der Waals surface area (Å²) in [6.45, 7) is 4.15. The molecule has 2 aromatic rings. The summed E-state index contributed by atoms with van der Waals surface area (Å²) < 4.78 is 29.0. The molecule has 4 rings (SSSR count). The molecular weight excluding hydrogens is 391 g/mol. The third-order valence-electron chi connectivity index (χ3n) is 5.51. The standard InChI is InChI=1S/C22H25O6P/c1-2-25-29(23,26-20-6-4-3-5-7-20)27-21-10-8-18(9-11-21)19-12-14-22(15-13-19)16-17-24-28-22/h2-11,19H,1,12-17H2. The normalized spacial score (nSPS) is 25.9. The minimum atomic E-state index is -3.88. The fourth-order valence-corrected chi connectivity index (χ4v) is 5.01. The molecule has 0 radical (unpaired) electrons. The lowest BCUT2D eigenvalue weighted by Gasteiger charge is -2.34. The van der Waals surface area contributed by atoms with Crippen LogP contribution in [0.1, 0.15) is 43.6 Å². The Morgan fingerprint density at radius 2 is 1.62 bits per heavy atom. The molecule has 7 heteroatoms. The predicted molar refractivity (Wildman–Crippen MR) is 109 cm³/mol. The Bertz CT molecular complexity index is 851. The van der Waals surface area contributed by atoms with Crippen molar-refractivity contribution >= 4 is 7.82 Å². The van der Waals surface area contributed by atoms with E-state index in [-0.39, 0.29) is 5.60 Å². The fraction of sp³-hybridized carbons (Fsp3) is 0.364. The third-order valence-corrected chi connectivity index (χ3v) is 6.78. The summed E-state index contributed by atoms with van der Waals surface area (Å²) in [6.07, 6.45) is 6.15. The van der Waals surface area contributed by atoms with E-state index in [0.29, 0.717) is 24.0 Å². The predicted octanol–water partition coefficient (Wildman–Crippen LogP) is 6.16. The summed E-state index contributed by atoms with van der Waals surface area (Å²) in [5.74, 6) is 1.27.